The highest BCUT2D eigenvalue weighted by Crippen LogP contribution is 2.31. The first kappa shape index (κ1) is 23.4. The molecule has 4 rings (SSSR count). The van der Waals surface area contributed by atoms with Gasteiger partial charge in [-0.25, -0.2) is 0 Å². The van der Waals surface area contributed by atoms with Crippen molar-refractivity contribution >= 4 is 23.2 Å². The molecule has 0 fully saturated rings. The Morgan fingerprint density at radius 1 is 0.514 bits per heavy atom. The molecule has 2 amide bonds. The first-order valence-corrected chi connectivity index (χ1v) is 10.9. The third-order valence-corrected chi connectivity index (χ3v) is 5.19. The highest BCUT2D eigenvalue weighted by molar-refractivity contribution is 6.08. The normalized spacial score (nSPS) is 10.2. The van der Waals surface area contributed by atoms with Crippen LogP contribution >= 0.6 is 0 Å². The van der Waals surface area contributed by atoms with Crippen molar-refractivity contribution in [1.82, 2.24) is 0 Å². The van der Waals surface area contributed by atoms with Crippen LogP contribution in [0.1, 0.15) is 20.7 Å². The van der Waals surface area contributed by atoms with Crippen LogP contribution in [-0.2, 0) is 0 Å². The van der Waals surface area contributed by atoms with E-state index in [1.807, 2.05) is 12.1 Å². The number of carbonyl (C=O) groups is 2. The standard InChI is InChI=1S/C28H24N2O5/c1-33-25-17-9-5-13-21(25)29-27(31)19-11-3-7-15-23(19)35-24-16-8-4-12-20(24)28(32)30-22-14-6-10-18-26(22)34-2/h3-18H,1-2H3,(H,29,31)(H,30,32). The first-order valence-electron chi connectivity index (χ1n) is 10.9. The Morgan fingerprint density at radius 3 is 1.26 bits per heavy atom. The number of hydrogen-bond donors (Lipinski definition) is 2. The van der Waals surface area contributed by atoms with E-state index >= 15 is 0 Å². The summed E-state index contributed by atoms with van der Waals surface area (Å²) >= 11 is 0. The molecule has 0 aliphatic rings. The number of anilines is 2. The summed E-state index contributed by atoms with van der Waals surface area (Å²) in [7, 11) is 3.07. The number of methoxy groups -OCH3 is 2. The minimum Gasteiger partial charge on any atom is -0.495 e. The zero-order valence-electron chi connectivity index (χ0n) is 19.3. The Morgan fingerprint density at radius 2 is 0.857 bits per heavy atom. The molecule has 0 aliphatic carbocycles. The summed E-state index contributed by atoms with van der Waals surface area (Å²) in [5.74, 6) is 0.937. The van der Waals surface area contributed by atoms with E-state index < -0.39 is 0 Å². The lowest BCUT2D eigenvalue weighted by atomic mass is 10.1. The molecular weight excluding hydrogens is 444 g/mol. The van der Waals surface area contributed by atoms with E-state index in [2.05, 4.69) is 10.6 Å². The molecule has 0 heterocycles. The average molecular weight is 469 g/mol. The zero-order chi connectivity index (χ0) is 24.6. The fourth-order valence-electron chi connectivity index (χ4n) is 3.48. The quantitative estimate of drug-likeness (QED) is 0.331. The lowest BCUT2D eigenvalue weighted by molar-refractivity contribution is 0.101. The minimum absolute atomic E-state index is 0.303. The van der Waals surface area contributed by atoms with Gasteiger partial charge in [-0.05, 0) is 48.5 Å². The number of amides is 2. The second kappa shape index (κ2) is 10.9. The molecule has 35 heavy (non-hydrogen) atoms. The summed E-state index contributed by atoms with van der Waals surface area (Å²) in [5.41, 5.74) is 1.68. The number of carbonyl (C=O) groups excluding carboxylic acids is 2. The molecule has 0 radical (unpaired) electrons. The summed E-state index contributed by atoms with van der Waals surface area (Å²) in [6.45, 7) is 0. The van der Waals surface area contributed by atoms with Crippen molar-refractivity contribution in [3.63, 3.8) is 0 Å². The van der Waals surface area contributed by atoms with E-state index in [9.17, 15) is 9.59 Å². The van der Waals surface area contributed by atoms with Crippen molar-refractivity contribution < 1.29 is 23.8 Å². The molecule has 176 valence electrons. The summed E-state index contributed by atoms with van der Waals surface area (Å²) < 4.78 is 16.7. The Balaban J connectivity index is 1.59. The maximum Gasteiger partial charge on any atom is 0.259 e. The number of rotatable bonds is 8. The van der Waals surface area contributed by atoms with E-state index in [4.69, 9.17) is 14.2 Å². The van der Waals surface area contributed by atoms with Crippen LogP contribution in [0.25, 0.3) is 0 Å². The SMILES string of the molecule is COc1ccccc1NC(=O)c1ccccc1Oc1ccccc1C(=O)Nc1ccccc1OC. The predicted octanol–water partition coefficient (Wildman–Crippen LogP) is 6.00. The van der Waals surface area contributed by atoms with Gasteiger partial charge in [-0.15, -0.1) is 0 Å². The fourth-order valence-corrected chi connectivity index (χ4v) is 3.48. The number of benzene rings is 4. The molecule has 2 N–H and O–H groups in total. The van der Waals surface area contributed by atoms with Gasteiger partial charge in [-0.3, -0.25) is 9.59 Å². The lowest BCUT2D eigenvalue weighted by Gasteiger charge is -2.15. The smallest absolute Gasteiger partial charge is 0.259 e. The number of ether oxygens (including phenoxy) is 3. The number of nitrogens with one attached hydrogen (secondary N) is 2. The topological polar surface area (TPSA) is 85.9 Å². The van der Waals surface area contributed by atoms with E-state index in [0.29, 0.717) is 45.5 Å². The van der Waals surface area contributed by atoms with Gasteiger partial charge in [0.15, 0.2) is 0 Å². The molecule has 0 atom stereocenters. The third-order valence-electron chi connectivity index (χ3n) is 5.19. The lowest BCUT2D eigenvalue weighted by Crippen LogP contribution is -2.15. The molecule has 0 saturated carbocycles. The minimum atomic E-state index is -0.374. The molecule has 0 aromatic heterocycles. The Labute approximate surface area is 203 Å². The highest BCUT2D eigenvalue weighted by atomic mass is 16.5. The summed E-state index contributed by atoms with van der Waals surface area (Å²) in [5, 5.41) is 5.70. The van der Waals surface area contributed by atoms with Gasteiger partial charge in [0.1, 0.15) is 23.0 Å². The molecule has 0 unspecified atom stereocenters. The van der Waals surface area contributed by atoms with Gasteiger partial charge in [-0.1, -0.05) is 48.5 Å². The molecule has 0 spiro atoms. The van der Waals surface area contributed by atoms with Crippen LogP contribution in [0.15, 0.2) is 97.1 Å². The van der Waals surface area contributed by atoms with Crippen LogP contribution in [0.2, 0.25) is 0 Å². The summed E-state index contributed by atoms with van der Waals surface area (Å²) in [6.07, 6.45) is 0. The van der Waals surface area contributed by atoms with Crippen LogP contribution in [0.4, 0.5) is 11.4 Å². The summed E-state index contributed by atoms with van der Waals surface area (Å²) in [6, 6.07) is 27.9. The number of para-hydroxylation sites is 6. The second-order valence-corrected chi connectivity index (χ2v) is 7.40. The first-order chi connectivity index (χ1) is 17.1. The van der Waals surface area contributed by atoms with E-state index in [-0.39, 0.29) is 11.8 Å². The van der Waals surface area contributed by atoms with Crippen LogP contribution in [0, 0.1) is 0 Å². The van der Waals surface area contributed by atoms with Gasteiger partial charge in [0.2, 0.25) is 0 Å². The Kier molecular flexibility index (Phi) is 7.28. The fraction of sp³-hybridized carbons (Fsp3) is 0.0714. The molecule has 0 aliphatic heterocycles. The van der Waals surface area contributed by atoms with Gasteiger partial charge < -0.3 is 24.8 Å². The molecule has 4 aromatic carbocycles. The molecule has 0 saturated heterocycles. The molecule has 0 bridgehead atoms. The second-order valence-electron chi connectivity index (χ2n) is 7.40. The maximum atomic E-state index is 13.1. The maximum absolute atomic E-state index is 13.1. The molecule has 4 aromatic rings. The zero-order valence-corrected chi connectivity index (χ0v) is 19.3. The summed E-state index contributed by atoms with van der Waals surface area (Å²) in [4.78, 5) is 26.2. The van der Waals surface area contributed by atoms with Gasteiger partial charge in [-0.2, -0.15) is 0 Å². The van der Waals surface area contributed by atoms with Gasteiger partial charge >= 0.3 is 0 Å². The van der Waals surface area contributed by atoms with Crippen molar-refractivity contribution in [3.05, 3.63) is 108 Å². The Hall–Kier alpha value is -4.78. The number of hydrogen-bond acceptors (Lipinski definition) is 5. The van der Waals surface area contributed by atoms with Gasteiger partial charge in [0, 0.05) is 0 Å². The highest BCUT2D eigenvalue weighted by Gasteiger charge is 2.18. The van der Waals surface area contributed by atoms with Gasteiger partial charge in [0.25, 0.3) is 11.8 Å². The average Bonchev–Trinajstić information content (AvgIpc) is 2.90. The van der Waals surface area contributed by atoms with Crippen LogP contribution < -0.4 is 24.8 Å². The van der Waals surface area contributed by atoms with Crippen molar-refractivity contribution in [2.45, 2.75) is 0 Å². The van der Waals surface area contributed by atoms with Gasteiger partial charge in [0.05, 0.1) is 36.7 Å². The van der Waals surface area contributed by atoms with Crippen LogP contribution in [-0.4, -0.2) is 26.0 Å². The van der Waals surface area contributed by atoms with E-state index in [0.717, 1.165) is 0 Å². The van der Waals surface area contributed by atoms with E-state index in [1.165, 1.54) is 14.2 Å². The third kappa shape index (κ3) is 5.42. The molecular formula is C28H24N2O5. The van der Waals surface area contributed by atoms with Crippen molar-refractivity contribution in [2.75, 3.05) is 24.9 Å². The van der Waals surface area contributed by atoms with Crippen LogP contribution in [0.3, 0.4) is 0 Å². The van der Waals surface area contributed by atoms with Crippen molar-refractivity contribution in [3.8, 4) is 23.0 Å². The molecule has 7 nitrogen and oxygen atoms in total. The van der Waals surface area contributed by atoms with E-state index in [1.54, 1.807) is 84.9 Å². The van der Waals surface area contributed by atoms with Crippen molar-refractivity contribution in [1.29, 1.82) is 0 Å². The predicted molar refractivity (Wildman–Crippen MR) is 135 cm³/mol. The Bertz CT molecular complexity index is 1250. The molecule has 7 heteroatoms. The monoisotopic (exact) mass is 468 g/mol. The van der Waals surface area contributed by atoms with Crippen molar-refractivity contribution in [2.24, 2.45) is 0 Å². The van der Waals surface area contributed by atoms with Crippen LogP contribution in [0.5, 0.6) is 23.0 Å². The largest absolute Gasteiger partial charge is 0.495 e.